The van der Waals surface area contributed by atoms with Gasteiger partial charge in [0, 0.05) is 31.5 Å². The molecule has 3 rings (SSSR count). The van der Waals surface area contributed by atoms with Crippen LogP contribution < -0.4 is 11.1 Å². The summed E-state index contributed by atoms with van der Waals surface area (Å²) in [5.41, 5.74) is 8.81. The number of H-pyrrole nitrogens is 1. The maximum absolute atomic E-state index is 12.1. The highest BCUT2D eigenvalue weighted by Gasteiger charge is 2.12. The zero-order chi connectivity index (χ0) is 18.0. The average molecular weight is 338 g/mol. The minimum atomic E-state index is -0.0408. The van der Waals surface area contributed by atoms with E-state index in [9.17, 15) is 4.79 Å². The van der Waals surface area contributed by atoms with Gasteiger partial charge in [-0.1, -0.05) is 0 Å². The Balaban J connectivity index is 1.82. The first-order valence-corrected chi connectivity index (χ1v) is 7.53. The summed E-state index contributed by atoms with van der Waals surface area (Å²) < 4.78 is 0. The van der Waals surface area contributed by atoms with Gasteiger partial charge in [-0.2, -0.15) is 10.1 Å². The number of nitrogen functional groups attached to an aromatic ring is 1. The number of benzene rings is 1. The summed E-state index contributed by atoms with van der Waals surface area (Å²) in [5.74, 6) is 1.10. The van der Waals surface area contributed by atoms with Crippen LogP contribution in [0.2, 0.25) is 0 Å². The van der Waals surface area contributed by atoms with E-state index in [1.807, 2.05) is 13.0 Å². The minimum absolute atomic E-state index is 0.0408. The average Bonchev–Trinajstić information content (AvgIpc) is 3.08. The van der Waals surface area contributed by atoms with Gasteiger partial charge in [0.05, 0.1) is 5.56 Å². The second-order valence-corrected chi connectivity index (χ2v) is 5.68. The van der Waals surface area contributed by atoms with Crippen molar-refractivity contribution in [3.63, 3.8) is 0 Å². The van der Waals surface area contributed by atoms with Crippen LogP contribution in [0.3, 0.4) is 0 Å². The van der Waals surface area contributed by atoms with Gasteiger partial charge in [0.2, 0.25) is 5.95 Å². The minimum Gasteiger partial charge on any atom is -0.383 e. The molecule has 0 fully saturated rings. The molecule has 128 valence electrons. The predicted octanol–water partition coefficient (Wildman–Crippen LogP) is 1.60. The van der Waals surface area contributed by atoms with E-state index in [0.717, 1.165) is 11.3 Å². The normalized spacial score (nSPS) is 10.5. The molecule has 1 aromatic carbocycles. The number of aryl methyl sites for hydroxylation is 1. The van der Waals surface area contributed by atoms with E-state index < -0.39 is 0 Å². The van der Waals surface area contributed by atoms with Crippen molar-refractivity contribution in [2.24, 2.45) is 0 Å². The SMILES string of the molecule is Cc1cc(Nc2ncc(-c3ncn[nH]3)c(N)n2)ccc1C(=O)N(C)C. The molecule has 2 aromatic heterocycles. The molecule has 0 aliphatic heterocycles. The quantitative estimate of drug-likeness (QED) is 0.659. The number of nitrogens with one attached hydrogen (secondary N) is 2. The molecular formula is C16H18N8O. The lowest BCUT2D eigenvalue weighted by molar-refractivity contribution is 0.0827. The number of rotatable bonds is 4. The van der Waals surface area contributed by atoms with Gasteiger partial charge in [-0.3, -0.25) is 9.89 Å². The molecular weight excluding hydrogens is 320 g/mol. The molecule has 4 N–H and O–H groups in total. The lowest BCUT2D eigenvalue weighted by atomic mass is 10.1. The Bertz CT molecular complexity index is 905. The summed E-state index contributed by atoms with van der Waals surface area (Å²) in [5, 5.41) is 9.58. The number of nitrogens with zero attached hydrogens (tertiary/aromatic N) is 5. The third kappa shape index (κ3) is 3.39. The summed E-state index contributed by atoms with van der Waals surface area (Å²) >= 11 is 0. The third-order valence-electron chi connectivity index (χ3n) is 3.61. The van der Waals surface area contributed by atoms with Crippen LogP contribution in [0, 0.1) is 6.92 Å². The van der Waals surface area contributed by atoms with Crippen LogP contribution >= 0.6 is 0 Å². The Morgan fingerprint density at radius 1 is 1.28 bits per heavy atom. The fourth-order valence-corrected chi connectivity index (χ4v) is 2.32. The van der Waals surface area contributed by atoms with Crippen LogP contribution in [-0.2, 0) is 0 Å². The fraction of sp³-hybridized carbons (Fsp3) is 0.188. The molecule has 0 aliphatic carbocycles. The van der Waals surface area contributed by atoms with E-state index >= 15 is 0 Å². The van der Waals surface area contributed by atoms with Crippen molar-refractivity contribution < 1.29 is 4.79 Å². The Morgan fingerprint density at radius 2 is 2.08 bits per heavy atom. The number of carbonyl (C=O) groups excluding carboxylic acids is 1. The zero-order valence-corrected chi connectivity index (χ0v) is 14.1. The van der Waals surface area contributed by atoms with E-state index in [-0.39, 0.29) is 11.7 Å². The van der Waals surface area contributed by atoms with E-state index in [2.05, 4.69) is 30.5 Å². The molecule has 0 saturated heterocycles. The molecule has 0 bridgehead atoms. The van der Waals surface area contributed by atoms with Crippen molar-refractivity contribution in [2.45, 2.75) is 6.92 Å². The molecule has 9 heteroatoms. The molecule has 25 heavy (non-hydrogen) atoms. The molecule has 9 nitrogen and oxygen atoms in total. The van der Waals surface area contributed by atoms with Crippen molar-refractivity contribution in [1.29, 1.82) is 0 Å². The topological polar surface area (TPSA) is 126 Å². The van der Waals surface area contributed by atoms with E-state index in [0.29, 0.717) is 22.9 Å². The van der Waals surface area contributed by atoms with Crippen molar-refractivity contribution in [1.82, 2.24) is 30.0 Å². The second-order valence-electron chi connectivity index (χ2n) is 5.68. The van der Waals surface area contributed by atoms with Crippen molar-refractivity contribution in [3.05, 3.63) is 41.9 Å². The molecule has 0 aliphatic rings. The Hall–Kier alpha value is -3.49. The summed E-state index contributed by atoms with van der Waals surface area (Å²) in [6, 6.07) is 5.43. The monoisotopic (exact) mass is 338 g/mol. The van der Waals surface area contributed by atoms with E-state index in [1.165, 1.54) is 6.33 Å². The van der Waals surface area contributed by atoms with Crippen LogP contribution in [-0.4, -0.2) is 50.1 Å². The van der Waals surface area contributed by atoms with Crippen LogP contribution in [0.25, 0.3) is 11.4 Å². The molecule has 0 saturated carbocycles. The maximum atomic E-state index is 12.1. The highest BCUT2D eigenvalue weighted by molar-refractivity contribution is 5.95. The molecule has 2 heterocycles. The van der Waals surface area contributed by atoms with Crippen LogP contribution in [0.4, 0.5) is 17.5 Å². The molecule has 0 radical (unpaired) electrons. The number of nitrogens with two attached hydrogens (primary N) is 1. The van der Waals surface area contributed by atoms with Gasteiger partial charge in [0.1, 0.15) is 12.1 Å². The number of amides is 1. The second kappa shape index (κ2) is 6.56. The van der Waals surface area contributed by atoms with Gasteiger partial charge in [-0.25, -0.2) is 9.97 Å². The largest absolute Gasteiger partial charge is 0.383 e. The maximum Gasteiger partial charge on any atom is 0.253 e. The lowest BCUT2D eigenvalue weighted by Crippen LogP contribution is -2.22. The number of carbonyl (C=O) groups is 1. The number of hydrogen-bond donors (Lipinski definition) is 3. The van der Waals surface area contributed by atoms with Crippen LogP contribution in [0.15, 0.2) is 30.7 Å². The van der Waals surface area contributed by atoms with Gasteiger partial charge in [0.15, 0.2) is 5.82 Å². The molecule has 0 atom stereocenters. The highest BCUT2D eigenvalue weighted by Crippen LogP contribution is 2.23. The summed E-state index contributed by atoms with van der Waals surface area (Å²) in [7, 11) is 3.45. The summed E-state index contributed by atoms with van der Waals surface area (Å²) in [6.07, 6.45) is 2.96. The first kappa shape index (κ1) is 16.4. The van der Waals surface area contributed by atoms with E-state index in [1.54, 1.807) is 37.3 Å². The summed E-state index contributed by atoms with van der Waals surface area (Å²) in [6.45, 7) is 1.88. The summed E-state index contributed by atoms with van der Waals surface area (Å²) in [4.78, 5) is 26.1. The lowest BCUT2D eigenvalue weighted by Gasteiger charge is -2.14. The highest BCUT2D eigenvalue weighted by atomic mass is 16.2. The Kier molecular flexibility index (Phi) is 4.29. The third-order valence-corrected chi connectivity index (χ3v) is 3.61. The number of anilines is 3. The van der Waals surface area contributed by atoms with Crippen LogP contribution in [0.5, 0.6) is 0 Å². The first-order valence-electron chi connectivity index (χ1n) is 7.53. The fourth-order valence-electron chi connectivity index (χ4n) is 2.32. The predicted molar refractivity (Wildman–Crippen MR) is 94.3 cm³/mol. The van der Waals surface area contributed by atoms with Gasteiger partial charge in [0.25, 0.3) is 5.91 Å². The molecule has 0 spiro atoms. The molecule has 1 amide bonds. The number of hydrogen-bond acceptors (Lipinski definition) is 7. The zero-order valence-electron chi connectivity index (χ0n) is 14.1. The first-order chi connectivity index (χ1) is 12.0. The van der Waals surface area contributed by atoms with Crippen molar-refractivity contribution in [2.75, 3.05) is 25.1 Å². The van der Waals surface area contributed by atoms with Gasteiger partial charge in [-0.05, 0) is 30.7 Å². The standard InChI is InChI=1S/C16H18N8O/c1-9-6-10(4-5-11(9)15(25)24(2)3)21-16-18-7-12(13(17)22-16)14-19-8-20-23-14/h4-8H,1-3H3,(H,19,20,23)(H3,17,18,21,22). The number of aromatic nitrogens is 5. The van der Waals surface area contributed by atoms with Crippen LogP contribution in [0.1, 0.15) is 15.9 Å². The Labute approximate surface area is 144 Å². The number of aromatic amines is 1. The van der Waals surface area contributed by atoms with Gasteiger partial charge < -0.3 is 16.0 Å². The molecule has 0 unspecified atom stereocenters. The van der Waals surface area contributed by atoms with Gasteiger partial charge in [-0.15, -0.1) is 0 Å². The van der Waals surface area contributed by atoms with E-state index in [4.69, 9.17) is 5.73 Å². The Morgan fingerprint density at radius 3 is 2.68 bits per heavy atom. The van der Waals surface area contributed by atoms with Gasteiger partial charge >= 0.3 is 0 Å². The molecule has 3 aromatic rings. The van der Waals surface area contributed by atoms with Crippen molar-refractivity contribution in [3.8, 4) is 11.4 Å². The smallest absolute Gasteiger partial charge is 0.253 e. The van der Waals surface area contributed by atoms with Crippen molar-refractivity contribution >= 4 is 23.4 Å².